The highest BCUT2D eigenvalue weighted by atomic mass is 32.2. The van der Waals surface area contributed by atoms with E-state index in [4.69, 9.17) is 5.73 Å². The van der Waals surface area contributed by atoms with Gasteiger partial charge in [-0.05, 0) is 56.1 Å². The van der Waals surface area contributed by atoms with Gasteiger partial charge in [0, 0.05) is 6.20 Å². The molecule has 3 aliphatic rings. The number of aromatic nitrogens is 1. The van der Waals surface area contributed by atoms with Crippen molar-refractivity contribution >= 4 is 15.7 Å². The molecule has 3 fully saturated rings. The fourth-order valence-corrected chi connectivity index (χ4v) is 4.81. The number of nitrogens with two attached hydrogens (primary N) is 1. The molecule has 1 aromatic heterocycles. The van der Waals surface area contributed by atoms with Crippen LogP contribution >= 0.6 is 0 Å². The van der Waals surface area contributed by atoms with Crippen LogP contribution in [0.15, 0.2) is 18.3 Å². The van der Waals surface area contributed by atoms with Gasteiger partial charge in [0.1, 0.15) is 0 Å². The van der Waals surface area contributed by atoms with Crippen molar-refractivity contribution in [3.05, 3.63) is 24.0 Å². The van der Waals surface area contributed by atoms with Crippen molar-refractivity contribution in [3.63, 3.8) is 0 Å². The molecule has 5 nitrogen and oxygen atoms in total. The Balaban J connectivity index is 1.58. The monoisotopic (exact) mass is 293 g/mol. The van der Waals surface area contributed by atoms with E-state index >= 15 is 0 Å². The maximum Gasteiger partial charge on any atom is 0.235 e. The summed E-state index contributed by atoms with van der Waals surface area (Å²) < 4.78 is 26.6. The summed E-state index contributed by atoms with van der Waals surface area (Å²) >= 11 is 0. The predicted molar refractivity (Wildman–Crippen MR) is 76.5 cm³/mol. The van der Waals surface area contributed by atoms with Gasteiger partial charge < -0.3 is 5.73 Å². The molecular formula is C14H19N3O2S. The molecule has 3 saturated carbocycles. The Morgan fingerprint density at radius 1 is 1.30 bits per heavy atom. The summed E-state index contributed by atoms with van der Waals surface area (Å²) in [5.41, 5.74) is 7.51. The number of rotatable bonds is 4. The van der Waals surface area contributed by atoms with Crippen LogP contribution in [-0.4, -0.2) is 18.7 Å². The van der Waals surface area contributed by atoms with Crippen molar-refractivity contribution < 1.29 is 8.42 Å². The van der Waals surface area contributed by atoms with E-state index in [0.29, 0.717) is 5.69 Å². The molecule has 0 radical (unpaired) electrons. The van der Waals surface area contributed by atoms with E-state index in [2.05, 4.69) is 9.71 Å². The van der Waals surface area contributed by atoms with Gasteiger partial charge in [0.15, 0.2) is 0 Å². The zero-order valence-corrected chi connectivity index (χ0v) is 12.1. The largest absolute Gasteiger partial charge is 0.320 e. The zero-order chi connectivity index (χ0) is 14.0. The third-order valence-corrected chi connectivity index (χ3v) is 6.68. The third kappa shape index (κ3) is 2.11. The molecular weight excluding hydrogens is 274 g/mol. The molecule has 0 spiro atoms. The summed E-state index contributed by atoms with van der Waals surface area (Å²) in [6.07, 6.45) is 6.42. The number of hydrogen-bond acceptors (Lipinski definition) is 4. The number of sulfonamides is 1. The van der Waals surface area contributed by atoms with Crippen LogP contribution in [0.2, 0.25) is 0 Å². The molecule has 0 amide bonds. The molecule has 2 unspecified atom stereocenters. The zero-order valence-electron chi connectivity index (χ0n) is 11.2. The quantitative estimate of drug-likeness (QED) is 0.882. The molecule has 108 valence electrons. The number of nitrogens with one attached hydrogen (secondary N) is 1. The number of anilines is 1. The number of nitrogens with zero attached hydrogens (tertiary/aromatic N) is 1. The number of pyridine rings is 1. The minimum Gasteiger partial charge on any atom is -0.320 e. The molecule has 1 heterocycles. The Hall–Kier alpha value is -1.14. The summed E-state index contributed by atoms with van der Waals surface area (Å²) in [6, 6.07) is 3.51. The van der Waals surface area contributed by atoms with Crippen LogP contribution < -0.4 is 10.5 Å². The molecule has 0 aliphatic heterocycles. The highest BCUT2D eigenvalue weighted by Crippen LogP contribution is 2.58. The van der Waals surface area contributed by atoms with Gasteiger partial charge in [-0.2, -0.15) is 0 Å². The molecule has 4 rings (SSSR count). The molecule has 20 heavy (non-hydrogen) atoms. The van der Waals surface area contributed by atoms with E-state index in [1.165, 1.54) is 6.42 Å². The third-order valence-electron chi connectivity index (χ3n) is 4.82. The first-order valence-corrected chi connectivity index (χ1v) is 8.78. The van der Waals surface area contributed by atoms with Gasteiger partial charge in [0.2, 0.25) is 10.0 Å². The van der Waals surface area contributed by atoms with Gasteiger partial charge in [-0.25, -0.2) is 8.42 Å². The lowest BCUT2D eigenvalue weighted by atomic mass is 9.90. The topological polar surface area (TPSA) is 85.1 Å². The second-order valence-corrected chi connectivity index (χ2v) is 8.56. The molecule has 0 bridgehead atoms. The van der Waals surface area contributed by atoms with Crippen molar-refractivity contribution in [2.24, 2.45) is 17.6 Å². The summed E-state index contributed by atoms with van der Waals surface area (Å²) in [4.78, 5) is 4.38. The van der Waals surface area contributed by atoms with Gasteiger partial charge in [0.25, 0.3) is 0 Å². The second kappa shape index (κ2) is 3.95. The van der Waals surface area contributed by atoms with Crippen LogP contribution in [0.5, 0.6) is 0 Å². The van der Waals surface area contributed by atoms with Gasteiger partial charge >= 0.3 is 0 Å². The fraction of sp³-hybridized carbons (Fsp3) is 0.643. The van der Waals surface area contributed by atoms with Gasteiger partial charge in [-0.1, -0.05) is 0 Å². The van der Waals surface area contributed by atoms with Crippen LogP contribution in [-0.2, 0) is 15.6 Å². The summed E-state index contributed by atoms with van der Waals surface area (Å²) in [7, 11) is -3.22. The van der Waals surface area contributed by atoms with E-state index < -0.39 is 10.0 Å². The Morgan fingerprint density at radius 3 is 2.65 bits per heavy atom. The first kappa shape index (κ1) is 12.6. The van der Waals surface area contributed by atoms with Gasteiger partial charge in [-0.3, -0.25) is 9.71 Å². The lowest BCUT2D eigenvalue weighted by Crippen LogP contribution is -2.36. The van der Waals surface area contributed by atoms with Gasteiger partial charge in [0.05, 0.1) is 22.2 Å². The molecule has 3 aliphatic carbocycles. The standard InChI is InChI=1S/C14H19N3O2S/c15-14(7-9-5-10(9)8-14)13-6-11(3-4-16-13)17-20(18,19)12-1-2-12/h3-4,6,9-10,12H,1-2,5,7-8,15H2,(H,16,17). The van der Waals surface area contributed by atoms with Crippen molar-refractivity contribution in [2.75, 3.05) is 4.72 Å². The molecule has 1 aromatic rings. The van der Waals surface area contributed by atoms with Gasteiger partial charge in [-0.15, -0.1) is 0 Å². The summed E-state index contributed by atoms with van der Waals surface area (Å²) in [5, 5.41) is -0.218. The normalized spacial score (nSPS) is 35.6. The van der Waals surface area contributed by atoms with E-state index in [0.717, 1.165) is 43.2 Å². The Kier molecular flexibility index (Phi) is 2.49. The summed E-state index contributed by atoms with van der Waals surface area (Å²) in [6.45, 7) is 0. The number of hydrogen-bond donors (Lipinski definition) is 2. The van der Waals surface area contributed by atoms with Crippen LogP contribution in [0.4, 0.5) is 5.69 Å². The van der Waals surface area contributed by atoms with Crippen molar-refractivity contribution in [2.45, 2.75) is 42.9 Å². The molecule has 2 atom stereocenters. The Morgan fingerprint density at radius 2 is 2.00 bits per heavy atom. The maximum atomic E-state index is 12.0. The van der Waals surface area contributed by atoms with Crippen molar-refractivity contribution in [1.82, 2.24) is 4.98 Å². The lowest BCUT2D eigenvalue weighted by molar-refractivity contribution is 0.399. The molecule has 0 aromatic carbocycles. The first-order chi connectivity index (χ1) is 9.46. The molecule has 6 heteroatoms. The van der Waals surface area contributed by atoms with Crippen molar-refractivity contribution in [1.29, 1.82) is 0 Å². The Bertz CT molecular complexity index is 644. The maximum absolute atomic E-state index is 12.0. The summed E-state index contributed by atoms with van der Waals surface area (Å²) in [5.74, 6) is 1.52. The van der Waals surface area contributed by atoms with Crippen LogP contribution in [0.3, 0.4) is 0 Å². The average Bonchev–Trinajstić information content (AvgIpc) is 3.28. The SMILES string of the molecule is NC1(c2cc(NS(=O)(=O)C3CC3)ccn2)CC2CC2C1. The Labute approximate surface area is 119 Å². The first-order valence-electron chi connectivity index (χ1n) is 7.23. The molecule has 3 N–H and O–H groups in total. The highest BCUT2D eigenvalue weighted by molar-refractivity contribution is 7.93. The number of fused-ring (bicyclic) bond motifs is 1. The smallest absolute Gasteiger partial charge is 0.235 e. The van der Waals surface area contributed by atoms with E-state index in [1.54, 1.807) is 12.3 Å². The van der Waals surface area contributed by atoms with E-state index in [9.17, 15) is 8.42 Å². The highest BCUT2D eigenvalue weighted by Gasteiger charge is 2.53. The molecule has 0 saturated heterocycles. The minimum atomic E-state index is -3.22. The fourth-order valence-electron chi connectivity index (χ4n) is 3.43. The second-order valence-electron chi connectivity index (χ2n) is 6.60. The van der Waals surface area contributed by atoms with Crippen LogP contribution in [0.1, 0.15) is 37.8 Å². The van der Waals surface area contributed by atoms with E-state index in [-0.39, 0.29) is 10.8 Å². The van der Waals surface area contributed by atoms with Crippen LogP contribution in [0.25, 0.3) is 0 Å². The lowest BCUT2D eigenvalue weighted by Gasteiger charge is -2.25. The predicted octanol–water partition coefficient (Wildman–Crippen LogP) is 1.57. The minimum absolute atomic E-state index is 0.218. The van der Waals surface area contributed by atoms with Crippen molar-refractivity contribution in [3.8, 4) is 0 Å². The van der Waals surface area contributed by atoms with Crippen LogP contribution in [0, 0.1) is 11.8 Å². The van der Waals surface area contributed by atoms with E-state index in [1.807, 2.05) is 6.07 Å². The average molecular weight is 293 g/mol.